The van der Waals surface area contributed by atoms with Crippen LogP contribution < -0.4 is 0 Å². The monoisotopic (exact) mass is 352 g/mol. The molecule has 0 fully saturated rings. The summed E-state index contributed by atoms with van der Waals surface area (Å²) in [7, 11) is 0. The Bertz CT molecular complexity index is 1120. The summed E-state index contributed by atoms with van der Waals surface area (Å²) in [5, 5.41) is 7.97. The first-order valence-electron chi connectivity index (χ1n) is 10.3. The smallest absolute Gasteiger partial charge is 0.0171 e. The molecule has 4 aromatic carbocycles. The molecule has 4 aromatic rings. The van der Waals surface area contributed by atoms with Crippen LogP contribution in [0.4, 0.5) is 0 Å². The lowest BCUT2D eigenvalue weighted by Crippen LogP contribution is -1.87. The number of aryl methyl sites for hydroxylation is 1. The van der Waals surface area contributed by atoms with Crippen molar-refractivity contribution < 1.29 is 0 Å². The van der Waals surface area contributed by atoms with Gasteiger partial charge in [-0.15, -0.1) is 0 Å². The van der Waals surface area contributed by atoms with Crippen molar-refractivity contribution in [2.45, 2.75) is 46.0 Å². The highest BCUT2D eigenvalue weighted by Gasteiger charge is 2.03. The summed E-state index contributed by atoms with van der Waals surface area (Å²) in [5.41, 5.74) is 2.73. The minimum atomic E-state index is 1.19. The molecule has 0 heteroatoms. The molecule has 0 aliphatic heterocycles. The second-order valence-electron chi connectivity index (χ2n) is 7.65. The molecule has 0 saturated carbocycles. The molecule has 136 valence electrons. The van der Waals surface area contributed by atoms with Gasteiger partial charge in [0.1, 0.15) is 0 Å². The van der Waals surface area contributed by atoms with Crippen molar-refractivity contribution >= 4 is 38.4 Å². The Kier molecular flexibility index (Phi) is 5.25. The molecule has 0 nitrogen and oxygen atoms in total. The summed E-state index contributed by atoms with van der Waals surface area (Å²) in [6, 6.07) is 23.1. The zero-order valence-corrected chi connectivity index (χ0v) is 16.5. The summed E-state index contributed by atoms with van der Waals surface area (Å²) in [6.45, 7) is 4.33. The van der Waals surface area contributed by atoms with Gasteiger partial charge in [-0.25, -0.2) is 0 Å². The molecule has 0 amide bonds. The fourth-order valence-corrected chi connectivity index (χ4v) is 4.02. The van der Waals surface area contributed by atoms with Gasteiger partial charge >= 0.3 is 0 Å². The highest BCUT2D eigenvalue weighted by Crippen LogP contribution is 2.29. The maximum atomic E-state index is 2.39. The van der Waals surface area contributed by atoms with E-state index in [0.717, 1.165) is 0 Å². The fourth-order valence-electron chi connectivity index (χ4n) is 4.02. The van der Waals surface area contributed by atoms with Crippen molar-refractivity contribution in [2.75, 3.05) is 0 Å². The predicted molar refractivity (Wildman–Crippen MR) is 122 cm³/mol. The van der Waals surface area contributed by atoms with Gasteiger partial charge in [0, 0.05) is 0 Å². The largest absolute Gasteiger partial charge is 0.0871 e. The Morgan fingerprint density at radius 3 is 1.96 bits per heavy atom. The van der Waals surface area contributed by atoms with Gasteiger partial charge in [-0.05, 0) is 93.5 Å². The lowest BCUT2D eigenvalue weighted by atomic mass is 9.96. The van der Waals surface area contributed by atoms with Crippen LogP contribution in [0, 0.1) is 0 Å². The summed E-state index contributed by atoms with van der Waals surface area (Å²) < 4.78 is 0. The minimum Gasteiger partial charge on any atom is -0.0871 e. The van der Waals surface area contributed by atoms with Crippen LogP contribution in [0.2, 0.25) is 0 Å². The first kappa shape index (κ1) is 17.8. The number of fused-ring (bicyclic) bond motifs is 3. The van der Waals surface area contributed by atoms with E-state index in [0.29, 0.717) is 0 Å². The average molecular weight is 353 g/mol. The van der Waals surface area contributed by atoms with E-state index >= 15 is 0 Å². The molecule has 0 atom stereocenters. The van der Waals surface area contributed by atoms with E-state index in [1.807, 2.05) is 0 Å². The third kappa shape index (κ3) is 3.90. The zero-order chi connectivity index (χ0) is 18.6. The molecule has 0 N–H and O–H groups in total. The van der Waals surface area contributed by atoms with Gasteiger partial charge in [0.15, 0.2) is 0 Å². The SMILES string of the molecule is CC=Cc1ccc2cc3cc4cc(CCCCCC)ccc4cc3cc2c1. The van der Waals surface area contributed by atoms with Gasteiger partial charge in [0.05, 0.1) is 0 Å². The maximum absolute atomic E-state index is 2.39. The van der Waals surface area contributed by atoms with Crippen LogP contribution in [0.25, 0.3) is 38.4 Å². The predicted octanol–water partition coefficient (Wildman–Crippen LogP) is 8.30. The molecule has 0 saturated heterocycles. The molecule has 0 aliphatic rings. The van der Waals surface area contributed by atoms with Gasteiger partial charge < -0.3 is 0 Å². The molecule has 0 aliphatic carbocycles. The van der Waals surface area contributed by atoms with Crippen LogP contribution in [0.3, 0.4) is 0 Å². The Hall–Kier alpha value is -2.60. The molecule has 0 bridgehead atoms. The quantitative estimate of drug-likeness (QED) is 0.242. The molecule has 4 rings (SSSR count). The molecule has 0 heterocycles. The zero-order valence-electron chi connectivity index (χ0n) is 16.5. The van der Waals surface area contributed by atoms with Gasteiger partial charge in [-0.2, -0.15) is 0 Å². The third-order valence-corrected chi connectivity index (χ3v) is 5.52. The van der Waals surface area contributed by atoms with Crippen molar-refractivity contribution in [2.24, 2.45) is 0 Å². The van der Waals surface area contributed by atoms with E-state index in [1.54, 1.807) is 0 Å². The van der Waals surface area contributed by atoms with Gasteiger partial charge in [0.25, 0.3) is 0 Å². The van der Waals surface area contributed by atoms with Gasteiger partial charge in [-0.3, -0.25) is 0 Å². The maximum Gasteiger partial charge on any atom is -0.0171 e. The van der Waals surface area contributed by atoms with E-state index in [9.17, 15) is 0 Å². The second-order valence-corrected chi connectivity index (χ2v) is 7.65. The molecule has 0 radical (unpaired) electrons. The average Bonchev–Trinajstić information content (AvgIpc) is 2.68. The van der Waals surface area contributed by atoms with E-state index in [1.165, 1.54) is 75.5 Å². The second kappa shape index (κ2) is 7.96. The number of rotatable bonds is 6. The van der Waals surface area contributed by atoms with Crippen LogP contribution in [0.15, 0.2) is 66.7 Å². The van der Waals surface area contributed by atoms with Gasteiger partial charge in [0.2, 0.25) is 0 Å². The standard InChI is InChI=1S/C27H28/c1-3-5-6-7-9-21-11-13-23-17-26-18-24-14-20(8-4-2)10-12-22(24)16-27(26)19-25(23)15-21/h4,8,10-19H,3,5-7,9H2,1-2H3. The highest BCUT2D eigenvalue weighted by molar-refractivity contribution is 6.05. The van der Waals surface area contributed by atoms with E-state index < -0.39 is 0 Å². The summed E-state index contributed by atoms with van der Waals surface area (Å²) in [6.07, 6.45) is 10.7. The lowest BCUT2D eigenvalue weighted by Gasteiger charge is -2.08. The minimum absolute atomic E-state index is 1.19. The topological polar surface area (TPSA) is 0 Å². The number of benzene rings is 4. The third-order valence-electron chi connectivity index (χ3n) is 5.52. The Balaban J connectivity index is 1.72. The molecule has 0 unspecified atom stereocenters. The van der Waals surface area contributed by atoms with Crippen LogP contribution in [0.1, 0.15) is 50.7 Å². The number of allylic oxidation sites excluding steroid dienone is 1. The van der Waals surface area contributed by atoms with Crippen molar-refractivity contribution in [3.8, 4) is 0 Å². The summed E-state index contributed by atoms with van der Waals surface area (Å²) in [5.74, 6) is 0. The summed E-state index contributed by atoms with van der Waals surface area (Å²) >= 11 is 0. The number of hydrogen-bond acceptors (Lipinski definition) is 0. The number of unbranched alkanes of at least 4 members (excludes halogenated alkanes) is 3. The Labute approximate surface area is 162 Å². The lowest BCUT2D eigenvalue weighted by molar-refractivity contribution is 0.667. The molecule has 27 heavy (non-hydrogen) atoms. The molecule has 0 aromatic heterocycles. The highest BCUT2D eigenvalue weighted by atomic mass is 14.1. The fraction of sp³-hybridized carbons (Fsp3) is 0.259. The van der Waals surface area contributed by atoms with Crippen LogP contribution in [0.5, 0.6) is 0 Å². The van der Waals surface area contributed by atoms with Gasteiger partial charge in [-0.1, -0.05) is 68.7 Å². The van der Waals surface area contributed by atoms with Crippen LogP contribution >= 0.6 is 0 Å². The van der Waals surface area contributed by atoms with Crippen LogP contribution in [-0.2, 0) is 6.42 Å². The summed E-state index contributed by atoms with van der Waals surface area (Å²) in [4.78, 5) is 0. The van der Waals surface area contributed by atoms with Crippen LogP contribution in [-0.4, -0.2) is 0 Å². The van der Waals surface area contributed by atoms with E-state index in [-0.39, 0.29) is 0 Å². The number of hydrogen-bond donors (Lipinski definition) is 0. The van der Waals surface area contributed by atoms with Crippen molar-refractivity contribution in [3.63, 3.8) is 0 Å². The van der Waals surface area contributed by atoms with Crippen molar-refractivity contribution in [1.29, 1.82) is 0 Å². The van der Waals surface area contributed by atoms with Crippen molar-refractivity contribution in [1.82, 2.24) is 0 Å². The van der Waals surface area contributed by atoms with E-state index in [4.69, 9.17) is 0 Å². The van der Waals surface area contributed by atoms with Crippen molar-refractivity contribution in [3.05, 3.63) is 77.9 Å². The molecular formula is C27H28. The Morgan fingerprint density at radius 2 is 1.26 bits per heavy atom. The Morgan fingerprint density at radius 1 is 0.630 bits per heavy atom. The normalized spacial score (nSPS) is 11.9. The first-order valence-corrected chi connectivity index (χ1v) is 10.3. The first-order chi connectivity index (χ1) is 13.3. The molecular weight excluding hydrogens is 324 g/mol. The van der Waals surface area contributed by atoms with E-state index in [2.05, 4.69) is 86.7 Å². The molecule has 0 spiro atoms.